The molecule has 3 nitrogen and oxygen atoms in total. The maximum absolute atomic E-state index is 2.25. The van der Waals surface area contributed by atoms with E-state index in [1.165, 1.54) is 39.4 Å². The van der Waals surface area contributed by atoms with Crippen LogP contribution in [0.5, 0.6) is 0 Å². The molecular formula is C26H32N3+. The maximum Gasteiger partial charge on any atom is 0.199 e. The molecule has 0 atom stereocenters. The molecule has 150 valence electrons. The molecule has 0 saturated heterocycles. The van der Waals surface area contributed by atoms with E-state index in [1.807, 2.05) is 0 Å². The lowest BCUT2D eigenvalue weighted by Crippen LogP contribution is -2.15. The van der Waals surface area contributed by atoms with Gasteiger partial charge >= 0.3 is 0 Å². The number of rotatable bonds is 5. The number of nitrogens with zero attached hydrogens (tertiary/aromatic N) is 3. The first-order chi connectivity index (χ1) is 13.9. The first kappa shape index (κ1) is 20.7. The summed E-state index contributed by atoms with van der Waals surface area (Å²) in [7, 11) is 10.4. The van der Waals surface area contributed by atoms with Gasteiger partial charge in [-0.15, -0.1) is 0 Å². The Hall–Kier alpha value is -3.07. The number of allylic oxidation sites excluding steroid dienone is 5. The van der Waals surface area contributed by atoms with Gasteiger partial charge in [-0.05, 0) is 65.6 Å². The summed E-state index contributed by atoms with van der Waals surface area (Å²) in [6.45, 7) is 3.16. The van der Waals surface area contributed by atoms with Crippen molar-refractivity contribution in [1.29, 1.82) is 0 Å². The highest BCUT2D eigenvalue weighted by atomic mass is 15.1. The fraction of sp³-hybridized carbons (Fsp3) is 0.269. The van der Waals surface area contributed by atoms with Gasteiger partial charge in [0.15, 0.2) is 5.71 Å². The van der Waals surface area contributed by atoms with Gasteiger partial charge < -0.3 is 9.80 Å². The lowest BCUT2D eigenvalue weighted by molar-refractivity contribution is -0.462. The van der Waals surface area contributed by atoms with Crippen LogP contribution in [0.2, 0.25) is 0 Å². The molecule has 0 bridgehead atoms. The average Bonchev–Trinajstić information content (AvgIpc) is 2.74. The summed E-state index contributed by atoms with van der Waals surface area (Å²) in [5.41, 5.74) is 8.59. The van der Waals surface area contributed by atoms with E-state index in [4.69, 9.17) is 0 Å². The Balaban J connectivity index is 2.10. The van der Waals surface area contributed by atoms with Crippen LogP contribution in [0.3, 0.4) is 0 Å². The van der Waals surface area contributed by atoms with E-state index in [0.29, 0.717) is 0 Å². The van der Waals surface area contributed by atoms with Crippen molar-refractivity contribution in [1.82, 2.24) is 0 Å². The lowest BCUT2D eigenvalue weighted by atomic mass is 9.90. The van der Waals surface area contributed by atoms with Gasteiger partial charge in [-0.2, -0.15) is 0 Å². The summed E-state index contributed by atoms with van der Waals surface area (Å²) in [5, 5.41) is 0. The standard InChI is InChI=1S/C26H32N3/c1-7-29(6)25-18-12-22(13-19-25)26(20-8-14-23(15-9-20)27(2)3)21-10-16-24(17-11-21)28(4)5/h8-19H,7H2,1-6H3/q+1. The third-order valence-corrected chi connectivity index (χ3v) is 5.42. The Morgan fingerprint density at radius 3 is 1.62 bits per heavy atom. The molecule has 0 N–H and O–H groups in total. The molecule has 2 aromatic carbocycles. The first-order valence-corrected chi connectivity index (χ1v) is 10.1. The second kappa shape index (κ2) is 8.95. The van der Waals surface area contributed by atoms with Crippen LogP contribution in [0.15, 0.2) is 78.4 Å². The zero-order valence-corrected chi connectivity index (χ0v) is 18.5. The summed E-state index contributed by atoms with van der Waals surface area (Å²) < 4.78 is 2.13. The van der Waals surface area contributed by atoms with E-state index in [2.05, 4.69) is 129 Å². The van der Waals surface area contributed by atoms with Crippen molar-refractivity contribution < 1.29 is 4.58 Å². The second-order valence-corrected chi connectivity index (χ2v) is 7.82. The van der Waals surface area contributed by atoms with Crippen LogP contribution in [0.25, 0.3) is 5.57 Å². The lowest BCUT2D eigenvalue weighted by Gasteiger charge is -2.19. The molecule has 0 radical (unpaired) electrons. The van der Waals surface area contributed by atoms with Crippen molar-refractivity contribution in [2.75, 3.05) is 51.6 Å². The molecule has 0 aliphatic heterocycles. The van der Waals surface area contributed by atoms with Gasteiger partial charge in [-0.25, -0.2) is 4.58 Å². The number of benzene rings is 2. The van der Waals surface area contributed by atoms with Gasteiger partial charge in [0.25, 0.3) is 0 Å². The molecule has 0 spiro atoms. The van der Waals surface area contributed by atoms with Crippen molar-refractivity contribution >= 4 is 22.7 Å². The SMILES string of the molecule is CCN(C)c1ccc(C(=C2C=CC(=[N+](C)C)C=C2)c2ccc(N(C)C)cc2)cc1. The summed E-state index contributed by atoms with van der Waals surface area (Å²) in [6.07, 6.45) is 8.80. The van der Waals surface area contributed by atoms with Crippen LogP contribution in [-0.2, 0) is 0 Å². The van der Waals surface area contributed by atoms with E-state index >= 15 is 0 Å². The van der Waals surface area contributed by atoms with Gasteiger partial charge in [0, 0.05) is 51.2 Å². The molecule has 29 heavy (non-hydrogen) atoms. The topological polar surface area (TPSA) is 9.49 Å². The summed E-state index contributed by atoms with van der Waals surface area (Å²) in [5.74, 6) is 0. The smallest absolute Gasteiger partial charge is 0.199 e. The average molecular weight is 387 g/mol. The Labute approximate surface area is 175 Å². The van der Waals surface area contributed by atoms with Gasteiger partial charge in [-0.1, -0.05) is 24.3 Å². The van der Waals surface area contributed by atoms with Crippen LogP contribution < -0.4 is 9.80 Å². The highest BCUT2D eigenvalue weighted by Crippen LogP contribution is 2.31. The van der Waals surface area contributed by atoms with Crippen LogP contribution in [0, 0.1) is 0 Å². The van der Waals surface area contributed by atoms with Crippen LogP contribution in [0.4, 0.5) is 11.4 Å². The number of hydrogen-bond donors (Lipinski definition) is 0. The van der Waals surface area contributed by atoms with E-state index in [9.17, 15) is 0 Å². The number of anilines is 2. The quantitative estimate of drug-likeness (QED) is 0.680. The molecule has 0 unspecified atom stereocenters. The molecule has 1 aliphatic carbocycles. The molecule has 0 fully saturated rings. The summed E-state index contributed by atoms with van der Waals surface area (Å²) >= 11 is 0. The maximum atomic E-state index is 2.25. The van der Waals surface area contributed by atoms with E-state index in [1.54, 1.807) is 0 Å². The molecule has 1 aliphatic rings. The molecule has 0 aromatic heterocycles. The minimum atomic E-state index is 0.994. The predicted molar refractivity (Wildman–Crippen MR) is 128 cm³/mol. The zero-order valence-electron chi connectivity index (χ0n) is 18.5. The molecule has 3 heteroatoms. The van der Waals surface area contributed by atoms with Crippen molar-refractivity contribution in [3.63, 3.8) is 0 Å². The fourth-order valence-electron chi connectivity index (χ4n) is 3.42. The molecule has 3 rings (SSSR count). The highest BCUT2D eigenvalue weighted by molar-refractivity contribution is 6.04. The first-order valence-electron chi connectivity index (χ1n) is 10.1. The minimum absolute atomic E-state index is 0.994. The molecule has 0 saturated carbocycles. The number of hydrogen-bond acceptors (Lipinski definition) is 2. The predicted octanol–water partition coefficient (Wildman–Crippen LogP) is 4.85. The molecule has 0 amide bonds. The van der Waals surface area contributed by atoms with Gasteiger partial charge in [0.05, 0.1) is 0 Å². The van der Waals surface area contributed by atoms with Crippen molar-refractivity contribution in [2.24, 2.45) is 0 Å². The Bertz CT molecular complexity index is 950. The highest BCUT2D eigenvalue weighted by Gasteiger charge is 2.13. The Morgan fingerprint density at radius 1 is 0.724 bits per heavy atom. The van der Waals surface area contributed by atoms with E-state index < -0.39 is 0 Å². The summed E-state index contributed by atoms with van der Waals surface area (Å²) in [4.78, 5) is 4.38. The fourth-order valence-corrected chi connectivity index (χ4v) is 3.42. The molecule has 0 heterocycles. The van der Waals surface area contributed by atoms with Gasteiger partial charge in [-0.3, -0.25) is 0 Å². The summed E-state index contributed by atoms with van der Waals surface area (Å²) in [6, 6.07) is 17.7. The van der Waals surface area contributed by atoms with Crippen molar-refractivity contribution in [3.8, 4) is 0 Å². The minimum Gasteiger partial charge on any atom is -0.378 e. The van der Waals surface area contributed by atoms with Crippen LogP contribution in [-0.4, -0.2) is 52.1 Å². The van der Waals surface area contributed by atoms with Crippen LogP contribution >= 0.6 is 0 Å². The third-order valence-electron chi connectivity index (χ3n) is 5.42. The monoisotopic (exact) mass is 386 g/mol. The van der Waals surface area contributed by atoms with Crippen molar-refractivity contribution in [2.45, 2.75) is 6.92 Å². The van der Waals surface area contributed by atoms with Crippen molar-refractivity contribution in [3.05, 3.63) is 89.5 Å². The zero-order chi connectivity index (χ0) is 21.0. The van der Waals surface area contributed by atoms with Crippen LogP contribution in [0.1, 0.15) is 18.1 Å². The normalized spacial score (nSPS) is 12.9. The molecular weight excluding hydrogens is 354 g/mol. The Kier molecular flexibility index (Phi) is 6.38. The van der Waals surface area contributed by atoms with Gasteiger partial charge in [0.1, 0.15) is 14.1 Å². The second-order valence-electron chi connectivity index (χ2n) is 7.82. The van der Waals surface area contributed by atoms with Gasteiger partial charge in [0.2, 0.25) is 0 Å². The van der Waals surface area contributed by atoms with E-state index in [-0.39, 0.29) is 0 Å². The Morgan fingerprint density at radius 2 is 1.21 bits per heavy atom. The largest absolute Gasteiger partial charge is 0.378 e. The molecule has 2 aromatic rings. The van der Waals surface area contributed by atoms with E-state index in [0.717, 1.165) is 6.54 Å². The third kappa shape index (κ3) is 4.68.